The second-order valence-corrected chi connectivity index (χ2v) is 8.30. The highest BCUT2D eigenvalue weighted by Gasteiger charge is 2.16. The number of para-hydroxylation sites is 1. The van der Waals surface area contributed by atoms with Crippen LogP contribution in [0.15, 0.2) is 52.8 Å². The topological polar surface area (TPSA) is 60.4 Å². The van der Waals surface area contributed by atoms with Crippen molar-refractivity contribution < 1.29 is 4.92 Å². The number of nitro groups is 1. The van der Waals surface area contributed by atoms with Gasteiger partial charge in [-0.05, 0) is 37.3 Å². The minimum Gasteiger partial charge on any atom is -0.314 e. The molecule has 0 saturated carbocycles. The second kappa shape index (κ2) is 9.85. The van der Waals surface area contributed by atoms with Crippen LogP contribution >= 0.6 is 11.3 Å². The van der Waals surface area contributed by atoms with Crippen LogP contribution in [0.5, 0.6) is 0 Å². The number of benzene rings is 2. The van der Waals surface area contributed by atoms with Gasteiger partial charge in [-0.3, -0.25) is 10.1 Å². The molecule has 3 aromatic rings. The number of nitro benzene ring substituents is 1. The Hall–Kier alpha value is -2.73. The van der Waals surface area contributed by atoms with E-state index in [4.69, 9.17) is 4.99 Å². The molecule has 0 aliphatic carbocycles. The van der Waals surface area contributed by atoms with Gasteiger partial charge in [-0.1, -0.05) is 57.5 Å². The summed E-state index contributed by atoms with van der Waals surface area (Å²) in [6.45, 7) is 8.69. The molecule has 0 spiro atoms. The number of aryl methyl sites for hydroxylation is 2. The highest BCUT2D eigenvalue weighted by molar-refractivity contribution is 7.07. The lowest BCUT2D eigenvalue weighted by atomic mass is 10.0. The molecule has 0 amide bonds. The normalized spacial score (nSPS) is 12.9. The Balaban J connectivity index is 2.24. The minimum atomic E-state index is -0.341. The van der Waals surface area contributed by atoms with E-state index in [0.717, 1.165) is 47.4 Å². The number of hydrogen-bond acceptors (Lipinski definition) is 4. The number of nitrogens with zero attached hydrogens (tertiary/aromatic N) is 3. The Morgan fingerprint density at radius 1 is 1.10 bits per heavy atom. The standard InChI is InChI=1S/C24H29N3O2S/c1-5-10-17(4)26-22(20-13-9-14-21(15-20)27(28)29)16-30-24(26)25-23-18(6-2)11-8-12-19(23)7-3/h8-9,11-17H,5-7,10H2,1-4H3. The zero-order chi connectivity index (χ0) is 21.7. The van der Waals surface area contributed by atoms with Crippen LogP contribution in [0.3, 0.4) is 0 Å². The fourth-order valence-corrected chi connectivity index (χ4v) is 4.82. The first-order chi connectivity index (χ1) is 14.5. The van der Waals surface area contributed by atoms with Crippen LogP contribution in [0.1, 0.15) is 57.7 Å². The zero-order valence-electron chi connectivity index (χ0n) is 18.1. The Morgan fingerprint density at radius 3 is 2.37 bits per heavy atom. The lowest BCUT2D eigenvalue weighted by Crippen LogP contribution is -2.20. The summed E-state index contributed by atoms with van der Waals surface area (Å²) >= 11 is 1.60. The summed E-state index contributed by atoms with van der Waals surface area (Å²) in [4.78, 5) is 17.0. The largest absolute Gasteiger partial charge is 0.314 e. The summed E-state index contributed by atoms with van der Waals surface area (Å²) in [5.41, 5.74) is 5.49. The van der Waals surface area contributed by atoms with Crippen molar-refractivity contribution >= 4 is 22.7 Å². The van der Waals surface area contributed by atoms with Crippen molar-refractivity contribution in [1.82, 2.24) is 4.57 Å². The molecule has 2 aromatic carbocycles. The van der Waals surface area contributed by atoms with Gasteiger partial charge in [0.15, 0.2) is 4.80 Å². The number of rotatable bonds is 8. The van der Waals surface area contributed by atoms with Crippen LogP contribution in [0.25, 0.3) is 11.3 Å². The van der Waals surface area contributed by atoms with E-state index in [9.17, 15) is 10.1 Å². The first-order valence-corrected chi connectivity index (χ1v) is 11.5. The van der Waals surface area contributed by atoms with Crippen molar-refractivity contribution in [2.75, 3.05) is 0 Å². The third-order valence-electron chi connectivity index (χ3n) is 5.41. The fourth-order valence-electron chi connectivity index (χ4n) is 3.82. The molecule has 0 radical (unpaired) electrons. The van der Waals surface area contributed by atoms with E-state index < -0.39 is 0 Å². The molecular formula is C24H29N3O2S. The summed E-state index contributed by atoms with van der Waals surface area (Å²) in [6, 6.07) is 13.5. The van der Waals surface area contributed by atoms with Crippen molar-refractivity contribution in [1.29, 1.82) is 0 Å². The van der Waals surface area contributed by atoms with Crippen LogP contribution in [0.4, 0.5) is 11.4 Å². The maximum Gasteiger partial charge on any atom is 0.270 e. The van der Waals surface area contributed by atoms with E-state index in [-0.39, 0.29) is 16.7 Å². The van der Waals surface area contributed by atoms with Gasteiger partial charge in [0.2, 0.25) is 0 Å². The summed E-state index contributed by atoms with van der Waals surface area (Å²) in [7, 11) is 0. The quantitative estimate of drug-likeness (QED) is 0.294. The van der Waals surface area contributed by atoms with Gasteiger partial charge in [-0.25, -0.2) is 4.99 Å². The zero-order valence-corrected chi connectivity index (χ0v) is 18.9. The van der Waals surface area contributed by atoms with E-state index >= 15 is 0 Å². The number of thiazole rings is 1. The van der Waals surface area contributed by atoms with E-state index in [0.29, 0.717) is 0 Å². The van der Waals surface area contributed by atoms with Crippen molar-refractivity contribution in [3.63, 3.8) is 0 Å². The van der Waals surface area contributed by atoms with Crippen LogP contribution in [-0.2, 0) is 12.8 Å². The van der Waals surface area contributed by atoms with Gasteiger partial charge in [0, 0.05) is 29.1 Å². The highest BCUT2D eigenvalue weighted by Crippen LogP contribution is 2.30. The summed E-state index contributed by atoms with van der Waals surface area (Å²) in [5.74, 6) is 0. The van der Waals surface area contributed by atoms with Crippen molar-refractivity contribution in [2.24, 2.45) is 4.99 Å². The van der Waals surface area contributed by atoms with Crippen LogP contribution in [-0.4, -0.2) is 9.49 Å². The predicted molar refractivity (Wildman–Crippen MR) is 124 cm³/mol. The number of aromatic nitrogens is 1. The van der Waals surface area contributed by atoms with Gasteiger partial charge < -0.3 is 4.57 Å². The molecule has 1 heterocycles. The Bertz CT molecular complexity index is 1080. The Morgan fingerprint density at radius 2 is 1.77 bits per heavy atom. The molecule has 30 heavy (non-hydrogen) atoms. The maximum absolute atomic E-state index is 11.3. The van der Waals surface area contributed by atoms with Gasteiger partial charge in [0.05, 0.1) is 16.3 Å². The molecule has 0 bridgehead atoms. The second-order valence-electron chi connectivity index (χ2n) is 7.46. The first kappa shape index (κ1) is 22.0. The Labute approximate surface area is 181 Å². The smallest absolute Gasteiger partial charge is 0.270 e. The first-order valence-electron chi connectivity index (χ1n) is 10.6. The van der Waals surface area contributed by atoms with Crippen LogP contribution in [0.2, 0.25) is 0 Å². The average Bonchev–Trinajstić information content (AvgIpc) is 3.17. The van der Waals surface area contributed by atoms with Gasteiger partial charge >= 0.3 is 0 Å². The molecule has 1 atom stereocenters. The summed E-state index contributed by atoms with van der Waals surface area (Å²) in [6.07, 6.45) is 3.94. The molecule has 158 valence electrons. The fraction of sp³-hybridized carbons (Fsp3) is 0.375. The monoisotopic (exact) mass is 423 g/mol. The van der Waals surface area contributed by atoms with Crippen LogP contribution in [0, 0.1) is 10.1 Å². The maximum atomic E-state index is 11.3. The number of non-ortho nitro benzene ring substituents is 1. The molecule has 5 nitrogen and oxygen atoms in total. The molecule has 1 aromatic heterocycles. The van der Waals surface area contributed by atoms with Crippen molar-refractivity contribution in [3.8, 4) is 11.3 Å². The number of hydrogen-bond donors (Lipinski definition) is 0. The van der Waals surface area contributed by atoms with E-state index in [2.05, 4.69) is 55.8 Å². The van der Waals surface area contributed by atoms with E-state index in [1.54, 1.807) is 23.5 Å². The molecule has 6 heteroatoms. The molecule has 0 N–H and O–H groups in total. The van der Waals surface area contributed by atoms with Gasteiger partial charge in [0.25, 0.3) is 5.69 Å². The predicted octanol–water partition coefficient (Wildman–Crippen LogP) is 6.84. The highest BCUT2D eigenvalue weighted by atomic mass is 32.1. The lowest BCUT2D eigenvalue weighted by molar-refractivity contribution is -0.384. The third kappa shape index (κ3) is 4.54. The molecule has 3 rings (SSSR count). The van der Waals surface area contributed by atoms with Gasteiger partial charge in [-0.15, -0.1) is 11.3 Å². The Kier molecular flexibility index (Phi) is 7.21. The molecule has 0 aliphatic rings. The minimum absolute atomic E-state index is 0.108. The lowest BCUT2D eigenvalue weighted by Gasteiger charge is -2.17. The molecular weight excluding hydrogens is 394 g/mol. The van der Waals surface area contributed by atoms with E-state index in [1.165, 1.54) is 17.2 Å². The summed E-state index contributed by atoms with van der Waals surface area (Å²) in [5, 5.41) is 13.3. The average molecular weight is 424 g/mol. The van der Waals surface area contributed by atoms with Crippen LogP contribution < -0.4 is 4.80 Å². The molecule has 0 fully saturated rings. The van der Waals surface area contributed by atoms with Crippen molar-refractivity contribution in [2.45, 2.75) is 59.4 Å². The van der Waals surface area contributed by atoms with E-state index in [1.807, 2.05) is 6.07 Å². The molecule has 0 saturated heterocycles. The molecule has 0 aliphatic heterocycles. The van der Waals surface area contributed by atoms with Gasteiger partial charge in [-0.2, -0.15) is 0 Å². The van der Waals surface area contributed by atoms with Crippen molar-refractivity contribution in [3.05, 3.63) is 73.9 Å². The SMILES string of the molecule is CCCC(C)n1c(-c2cccc([N+](=O)[O-])c2)csc1=Nc1c(CC)cccc1CC. The summed E-state index contributed by atoms with van der Waals surface area (Å²) < 4.78 is 2.25. The van der Waals surface area contributed by atoms with Gasteiger partial charge in [0.1, 0.15) is 0 Å². The third-order valence-corrected chi connectivity index (χ3v) is 6.25. The molecule has 1 unspecified atom stereocenters.